The van der Waals surface area contributed by atoms with Crippen LogP contribution in [0.5, 0.6) is 0 Å². The fourth-order valence-electron chi connectivity index (χ4n) is 2.99. The van der Waals surface area contributed by atoms with Crippen LogP contribution in [0.1, 0.15) is 65.7 Å². The van der Waals surface area contributed by atoms with Crippen molar-refractivity contribution in [1.29, 1.82) is 0 Å². The van der Waals surface area contributed by atoms with Crippen molar-refractivity contribution in [2.75, 3.05) is 6.54 Å². The zero-order chi connectivity index (χ0) is 15.2. The number of nitrogens with one attached hydrogen (secondary N) is 1. The van der Waals surface area contributed by atoms with Gasteiger partial charge in [-0.15, -0.1) is 0 Å². The Morgan fingerprint density at radius 2 is 1.85 bits per heavy atom. The Morgan fingerprint density at radius 3 is 2.30 bits per heavy atom. The monoisotopic (exact) mass is 284 g/mol. The van der Waals surface area contributed by atoms with E-state index >= 15 is 0 Å². The summed E-state index contributed by atoms with van der Waals surface area (Å²) in [6.07, 6.45) is 6.75. The van der Waals surface area contributed by atoms with Crippen LogP contribution in [0.25, 0.3) is 0 Å². The van der Waals surface area contributed by atoms with E-state index in [-0.39, 0.29) is 12.1 Å². The predicted molar refractivity (Wildman–Crippen MR) is 78.7 cm³/mol. The van der Waals surface area contributed by atoms with Crippen LogP contribution in [0.15, 0.2) is 0 Å². The minimum atomic E-state index is -1.17. The first-order chi connectivity index (χ1) is 9.44. The van der Waals surface area contributed by atoms with E-state index in [0.29, 0.717) is 13.0 Å². The highest BCUT2D eigenvalue weighted by molar-refractivity contribution is 5.86. The van der Waals surface area contributed by atoms with Gasteiger partial charge in [0.05, 0.1) is 0 Å². The van der Waals surface area contributed by atoms with Crippen molar-refractivity contribution in [3.8, 4) is 0 Å². The third-order valence-electron chi connectivity index (χ3n) is 4.22. The number of carbonyl (C=O) groups is 2. The van der Waals surface area contributed by atoms with Crippen LogP contribution in [-0.4, -0.2) is 40.1 Å². The van der Waals surface area contributed by atoms with Gasteiger partial charge in [0.25, 0.3) is 0 Å². The number of rotatable bonds is 6. The van der Waals surface area contributed by atoms with E-state index in [9.17, 15) is 14.7 Å². The second kappa shape index (κ2) is 7.50. The summed E-state index contributed by atoms with van der Waals surface area (Å²) in [4.78, 5) is 25.6. The van der Waals surface area contributed by atoms with Crippen molar-refractivity contribution < 1.29 is 14.7 Å². The Kier molecular flexibility index (Phi) is 6.30. The van der Waals surface area contributed by atoms with Gasteiger partial charge < -0.3 is 15.3 Å². The molecule has 0 heterocycles. The third-order valence-corrected chi connectivity index (χ3v) is 4.22. The number of amides is 2. The predicted octanol–water partition coefficient (Wildman–Crippen LogP) is 2.99. The van der Waals surface area contributed by atoms with Gasteiger partial charge in [0, 0.05) is 12.6 Å². The molecule has 2 N–H and O–H groups in total. The molecule has 20 heavy (non-hydrogen) atoms. The summed E-state index contributed by atoms with van der Waals surface area (Å²) in [5, 5.41) is 12.1. The Balaban J connectivity index is 2.72. The zero-order valence-corrected chi connectivity index (χ0v) is 12.9. The summed E-state index contributed by atoms with van der Waals surface area (Å²) in [7, 11) is 0. The van der Waals surface area contributed by atoms with Crippen LogP contribution < -0.4 is 5.32 Å². The number of hydrogen-bond donors (Lipinski definition) is 2. The van der Waals surface area contributed by atoms with Crippen molar-refractivity contribution in [3.05, 3.63) is 0 Å². The lowest BCUT2D eigenvalue weighted by Crippen LogP contribution is -2.57. The number of carboxylic acids is 1. The molecule has 0 radical (unpaired) electrons. The molecular weight excluding hydrogens is 256 g/mol. The van der Waals surface area contributed by atoms with Crippen LogP contribution in [0.4, 0.5) is 4.79 Å². The molecule has 116 valence electrons. The van der Waals surface area contributed by atoms with Gasteiger partial charge in [0.15, 0.2) is 0 Å². The van der Waals surface area contributed by atoms with Crippen LogP contribution in [0.3, 0.4) is 0 Å². The number of urea groups is 1. The first kappa shape index (κ1) is 16.8. The summed E-state index contributed by atoms with van der Waals surface area (Å²) < 4.78 is 0. The molecule has 0 bridgehead atoms. The Morgan fingerprint density at radius 1 is 1.25 bits per heavy atom. The van der Waals surface area contributed by atoms with Crippen LogP contribution in [0, 0.1) is 0 Å². The van der Waals surface area contributed by atoms with Crippen molar-refractivity contribution in [1.82, 2.24) is 10.2 Å². The van der Waals surface area contributed by atoms with E-state index in [1.807, 2.05) is 13.8 Å². The summed E-state index contributed by atoms with van der Waals surface area (Å²) in [5.74, 6) is -0.965. The molecule has 0 aromatic heterocycles. The molecule has 1 aliphatic rings. The molecule has 0 aromatic carbocycles. The topological polar surface area (TPSA) is 69.6 Å². The number of aliphatic carboxylic acids is 1. The molecule has 5 heteroatoms. The summed E-state index contributed by atoms with van der Waals surface area (Å²) in [6.45, 7) is 6.09. The second-order valence-electron chi connectivity index (χ2n) is 5.90. The molecule has 1 saturated carbocycles. The van der Waals surface area contributed by atoms with E-state index in [2.05, 4.69) is 5.32 Å². The lowest BCUT2D eigenvalue weighted by Gasteiger charge is -2.36. The number of carboxylic acid groups (broad SMARTS) is 1. The van der Waals surface area contributed by atoms with Gasteiger partial charge in [-0.3, -0.25) is 0 Å². The van der Waals surface area contributed by atoms with Gasteiger partial charge in [0.1, 0.15) is 5.54 Å². The summed E-state index contributed by atoms with van der Waals surface area (Å²) in [5.41, 5.74) is -1.17. The van der Waals surface area contributed by atoms with E-state index in [1.165, 1.54) is 6.42 Å². The van der Waals surface area contributed by atoms with Gasteiger partial charge in [-0.25, -0.2) is 9.59 Å². The first-order valence-corrected chi connectivity index (χ1v) is 7.76. The number of carbonyl (C=O) groups excluding carboxylic acids is 1. The van der Waals surface area contributed by atoms with Crippen molar-refractivity contribution in [2.24, 2.45) is 0 Å². The highest BCUT2D eigenvalue weighted by atomic mass is 16.4. The van der Waals surface area contributed by atoms with E-state index in [1.54, 1.807) is 11.8 Å². The largest absolute Gasteiger partial charge is 0.480 e. The maximum atomic E-state index is 12.4. The summed E-state index contributed by atoms with van der Waals surface area (Å²) in [6, 6.07) is 0.0196. The van der Waals surface area contributed by atoms with Gasteiger partial charge in [-0.05, 0) is 33.1 Å². The Hall–Kier alpha value is -1.26. The number of nitrogens with zero attached hydrogens (tertiary/aromatic N) is 1. The minimum absolute atomic E-state index is 0.238. The van der Waals surface area contributed by atoms with Crippen molar-refractivity contribution in [3.63, 3.8) is 0 Å². The lowest BCUT2D eigenvalue weighted by molar-refractivity contribution is -0.144. The van der Waals surface area contributed by atoms with Gasteiger partial charge in [-0.1, -0.05) is 32.6 Å². The molecule has 5 nitrogen and oxygen atoms in total. The average Bonchev–Trinajstić information content (AvgIpc) is 2.40. The number of hydrogen-bond acceptors (Lipinski definition) is 2. The van der Waals surface area contributed by atoms with Crippen molar-refractivity contribution in [2.45, 2.75) is 77.3 Å². The second-order valence-corrected chi connectivity index (χ2v) is 5.90. The van der Waals surface area contributed by atoms with E-state index in [4.69, 9.17) is 0 Å². The van der Waals surface area contributed by atoms with E-state index < -0.39 is 11.5 Å². The maximum absolute atomic E-state index is 12.4. The maximum Gasteiger partial charge on any atom is 0.329 e. The Labute approximate surface area is 121 Å². The molecular formula is C15H28N2O3. The third kappa shape index (κ3) is 4.12. The molecule has 1 aliphatic carbocycles. The normalized spacial score (nSPS) is 19.1. The van der Waals surface area contributed by atoms with Gasteiger partial charge in [-0.2, -0.15) is 0 Å². The van der Waals surface area contributed by atoms with Crippen LogP contribution in [0.2, 0.25) is 0 Å². The highest BCUT2D eigenvalue weighted by Gasteiger charge is 2.36. The SMILES string of the molecule is CCCC(C)(NC(=O)N(CC)C1CCCCC1)C(=O)O. The van der Waals surface area contributed by atoms with Crippen LogP contribution in [-0.2, 0) is 4.79 Å². The molecule has 0 aromatic rings. The standard InChI is InChI=1S/C15H28N2O3/c1-4-11-15(3,13(18)19)16-14(20)17(5-2)12-9-7-6-8-10-12/h12H,4-11H2,1-3H3,(H,16,20)(H,18,19). The average molecular weight is 284 g/mol. The first-order valence-electron chi connectivity index (χ1n) is 7.76. The quantitative estimate of drug-likeness (QED) is 0.787. The zero-order valence-electron chi connectivity index (χ0n) is 12.9. The molecule has 0 spiro atoms. The molecule has 1 fully saturated rings. The fraction of sp³-hybridized carbons (Fsp3) is 0.867. The van der Waals surface area contributed by atoms with Gasteiger partial charge >= 0.3 is 12.0 Å². The van der Waals surface area contributed by atoms with E-state index in [0.717, 1.165) is 32.1 Å². The molecule has 1 rings (SSSR count). The molecule has 1 atom stereocenters. The fourth-order valence-corrected chi connectivity index (χ4v) is 2.99. The van der Waals surface area contributed by atoms with Gasteiger partial charge in [0.2, 0.25) is 0 Å². The smallest absolute Gasteiger partial charge is 0.329 e. The van der Waals surface area contributed by atoms with Crippen LogP contribution >= 0.6 is 0 Å². The minimum Gasteiger partial charge on any atom is -0.480 e. The lowest BCUT2D eigenvalue weighted by atomic mass is 9.94. The Bertz CT molecular complexity index is 340. The highest BCUT2D eigenvalue weighted by Crippen LogP contribution is 2.23. The molecule has 0 aliphatic heterocycles. The molecule has 2 amide bonds. The van der Waals surface area contributed by atoms with Crippen molar-refractivity contribution >= 4 is 12.0 Å². The molecule has 1 unspecified atom stereocenters. The summed E-state index contributed by atoms with van der Waals surface area (Å²) >= 11 is 0. The molecule has 0 saturated heterocycles.